The van der Waals surface area contributed by atoms with Crippen molar-refractivity contribution in [2.45, 2.75) is 44.7 Å². The van der Waals surface area contributed by atoms with E-state index in [0.717, 1.165) is 31.2 Å². The number of halogens is 1. The lowest BCUT2D eigenvalue weighted by Crippen LogP contribution is -2.36. The number of aliphatic carboxylic acids is 1. The average molecular weight is 265 g/mol. The standard InChI is InChI=1S/C15H20FNO2/c1-10(12-3-2-4-13(16)9-12)17-14-7-5-11(6-8-14)15(18)19/h2-4,9-11,14,17H,5-8H2,1H3,(H,18,19). The lowest BCUT2D eigenvalue weighted by atomic mass is 9.85. The Balaban J connectivity index is 1.87. The fraction of sp³-hybridized carbons (Fsp3) is 0.533. The number of benzene rings is 1. The first-order valence-electron chi connectivity index (χ1n) is 6.80. The van der Waals surface area contributed by atoms with Crippen molar-refractivity contribution in [1.82, 2.24) is 5.32 Å². The molecule has 0 heterocycles. The monoisotopic (exact) mass is 265 g/mol. The molecule has 1 saturated carbocycles. The van der Waals surface area contributed by atoms with Crippen molar-refractivity contribution >= 4 is 5.97 Å². The van der Waals surface area contributed by atoms with Gasteiger partial charge in [0.05, 0.1) is 5.92 Å². The van der Waals surface area contributed by atoms with Gasteiger partial charge in [-0.15, -0.1) is 0 Å². The molecule has 0 saturated heterocycles. The number of nitrogens with one attached hydrogen (secondary N) is 1. The molecule has 1 aromatic carbocycles. The molecule has 1 unspecified atom stereocenters. The van der Waals surface area contributed by atoms with Gasteiger partial charge in [-0.3, -0.25) is 4.79 Å². The van der Waals surface area contributed by atoms with Crippen molar-refractivity contribution in [2.24, 2.45) is 5.92 Å². The van der Waals surface area contributed by atoms with E-state index in [4.69, 9.17) is 5.11 Å². The predicted molar refractivity (Wildman–Crippen MR) is 71.3 cm³/mol. The van der Waals surface area contributed by atoms with Gasteiger partial charge in [-0.1, -0.05) is 12.1 Å². The molecule has 0 amide bonds. The summed E-state index contributed by atoms with van der Waals surface area (Å²) in [5.41, 5.74) is 0.931. The highest BCUT2D eigenvalue weighted by Crippen LogP contribution is 2.26. The zero-order valence-corrected chi connectivity index (χ0v) is 11.1. The number of hydrogen-bond donors (Lipinski definition) is 2. The third-order valence-corrected chi connectivity index (χ3v) is 3.91. The maximum atomic E-state index is 13.2. The summed E-state index contributed by atoms with van der Waals surface area (Å²) >= 11 is 0. The number of hydrogen-bond acceptors (Lipinski definition) is 2. The fourth-order valence-electron chi connectivity index (χ4n) is 2.73. The molecule has 19 heavy (non-hydrogen) atoms. The van der Waals surface area contributed by atoms with Gasteiger partial charge in [-0.25, -0.2) is 4.39 Å². The van der Waals surface area contributed by atoms with Crippen LogP contribution in [0.1, 0.15) is 44.2 Å². The Labute approximate surface area is 112 Å². The van der Waals surface area contributed by atoms with Gasteiger partial charge in [-0.05, 0) is 50.3 Å². The average Bonchev–Trinajstić information content (AvgIpc) is 2.39. The molecule has 0 bridgehead atoms. The van der Waals surface area contributed by atoms with Crippen LogP contribution >= 0.6 is 0 Å². The predicted octanol–water partition coefficient (Wildman–Crippen LogP) is 3.12. The molecule has 0 aromatic heterocycles. The first-order valence-corrected chi connectivity index (χ1v) is 6.80. The second kappa shape index (κ2) is 6.15. The van der Waals surface area contributed by atoms with Crippen molar-refractivity contribution in [2.75, 3.05) is 0 Å². The van der Waals surface area contributed by atoms with Crippen LogP contribution in [0.15, 0.2) is 24.3 Å². The SMILES string of the molecule is CC(NC1CCC(C(=O)O)CC1)c1cccc(F)c1. The lowest BCUT2D eigenvalue weighted by molar-refractivity contribution is -0.142. The van der Waals surface area contributed by atoms with E-state index in [2.05, 4.69) is 5.32 Å². The van der Waals surface area contributed by atoms with E-state index in [9.17, 15) is 9.18 Å². The smallest absolute Gasteiger partial charge is 0.306 e. The Hall–Kier alpha value is -1.42. The lowest BCUT2D eigenvalue weighted by Gasteiger charge is -2.29. The van der Waals surface area contributed by atoms with E-state index in [-0.39, 0.29) is 17.8 Å². The fourth-order valence-corrected chi connectivity index (χ4v) is 2.73. The second-order valence-electron chi connectivity index (χ2n) is 5.33. The third-order valence-electron chi connectivity index (χ3n) is 3.91. The van der Waals surface area contributed by atoms with Crippen molar-refractivity contribution in [3.8, 4) is 0 Å². The van der Waals surface area contributed by atoms with Crippen LogP contribution in [0.4, 0.5) is 4.39 Å². The first kappa shape index (κ1) is 14.0. The molecule has 0 spiro atoms. The van der Waals surface area contributed by atoms with Crippen molar-refractivity contribution in [3.05, 3.63) is 35.6 Å². The summed E-state index contributed by atoms with van der Waals surface area (Å²) in [6.07, 6.45) is 3.19. The van der Waals surface area contributed by atoms with Gasteiger partial charge in [0, 0.05) is 12.1 Å². The van der Waals surface area contributed by atoms with Crippen LogP contribution in [0, 0.1) is 11.7 Å². The van der Waals surface area contributed by atoms with E-state index in [1.54, 1.807) is 12.1 Å². The molecule has 1 aliphatic rings. The van der Waals surface area contributed by atoms with Crippen molar-refractivity contribution < 1.29 is 14.3 Å². The van der Waals surface area contributed by atoms with Crippen molar-refractivity contribution in [3.63, 3.8) is 0 Å². The van der Waals surface area contributed by atoms with Crippen LogP contribution in [0.25, 0.3) is 0 Å². The summed E-state index contributed by atoms with van der Waals surface area (Å²) in [5.74, 6) is -1.10. The number of carboxylic acids is 1. The van der Waals surface area contributed by atoms with Crippen LogP contribution in [0.2, 0.25) is 0 Å². The Bertz CT molecular complexity index is 442. The molecule has 0 radical (unpaired) electrons. The highest BCUT2D eigenvalue weighted by atomic mass is 19.1. The third kappa shape index (κ3) is 3.77. The molecular weight excluding hydrogens is 245 g/mol. The second-order valence-corrected chi connectivity index (χ2v) is 5.33. The molecular formula is C15H20FNO2. The highest BCUT2D eigenvalue weighted by molar-refractivity contribution is 5.70. The van der Waals surface area contributed by atoms with Gasteiger partial charge in [0.25, 0.3) is 0 Å². The molecule has 1 aromatic rings. The Morgan fingerprint density at radius 1 is 1.37 bits per heavy atom. The van der Waals surface area contributed by atoms with Crippen LogP contribution in [0.3, 0.4) is 0 Å². The Kier molecular flexibility index (Phi) is 4.53. The van der Waals surface area contributed by atoms with Crippen LogP contribution in [-0.2, 0) is 4.79 Å². The summed E-state index contributed by atoms with van der Waals surface area (Å²) in [4.78, 5) is 10.9. The number of carboxylic acid groups (broad SMARTS) is 1. The molecule has 2 N–H and O–H groups in total. The van der Waals surface area contributed by atoms with Crippen LogP contribution in [0.5, 0.6) is 0 Å². The van der Waals surface area contributed by atoms with E-state index in [0.29, 0.717) is 6.04 Å². The molecule has 1 aliphatic carbocycles. The summed E-state index contributed by atoms with van der Waals surface area (Å²) in [5, 5.41) is 12.4. The summed E-state index contributed by atoms with van der Waals surface area (Å²) in [7, 11) is 0. The number of carbonyl (C=O) groups is 1. The molecule has 1 fully saturated rings. The molecule has 2 rings (SSSR count). The van der Waals surface area contributed by atoms with Gasteiger partial charge in [0.1, 0.15) is 5.82 Å². The summed E-state index contributed by atoms with van der Waals surface area (Å²) in [6, 6.07) is 7.01. The Morgan fingerprint density at radius 3 is 2.63 bits per heavy atom. The summed E-state index contributed by atoms with van der Waals surface area (Å²) < 4.78 is 13.2. The zero-order chi connectivity index (χ0) is 13.8. The van der Waals surface area contributed by atoms with Crippen LogP contribution in [-0.4, -0.2) is 17.1 Å². The largest absolute Gasteiger partial charge is 0.481 e. The number of rotatable bonds is 4. The van der Waals surface area contributed by atoms with Crippen molar-refractivity contribution in [1.29, 1.82) is 0 Å². The minimum absolute atomic E-state index is 0.0853. The molecule has 0 aliphatic heterocycles. The topological polar surface area (TPSA) is 49.3 Å². The van der Waals surface area contributed by atoms with Gasteiger partial charge < -0.3 is 10.4 Å². The van der Waals surface area contributed by atoms with E-state index in [1.165, 1.54) is 6.07 Å². The maximum absolute atomic E-state index is 13.2. The molecule has 3 nitrogen and oxygen atoms in total. The maximum Gasteiger partial charge on any atom is 0.306 e. The summed E-state index contributed by atoms with van der Waals surface area (Å²) in [6.45, 7) is 2.01. The normalized spacial score (nSPS) is 24.9. The van der Waals surface area contributed by atoms with E-state index >= 15 is 0 Å². The first-order chi connectivity index (χ1) is 9.06. The Morgan fingerprint density at radius 2 is 2.05 bits per heavy atom. The van der Waals surface area contributed by atoms with Gasteiger partial charge >= 0.3 is 5.97 Å². The molecule has 1 atom stereocenters. The van der Waals surface area contributed by atoms with E-state index in [1.807, 2.05) is 13.0 Å². The molecule has 4 heteroatoms. The van der Waals surface area contributed by atoms with Gasteiger partial charge in [-0.2, -0.15) is 0 Å². The highest BCUT2D eigenvalue weighted by Gasteiger charge is 2.26. The molecule has 104 valence electrons. The van der Waals surface area contributed by atoms with Gasteiger partial charge in [0.2, 0.25) is 0 Å². The van der Waals surface area contributed by atoms with Crippen LogP contribution < -0.4 is 5.32 Å². The zero-order valence-electron chi connectivity index (χ0n) is 11.1. The minimum Gasteiger partial charge on any atom is -0.481 e. The minimum atomic E-state index is -0.684. The van der Waals surface area contributed by atoms with E-state index < -0.39 is 5.97 Å². The van der Waals surface area contributed by atoms with Gasteiger partial charge in [0.15, 0.2) is 0 Å². The quantitative estimate of drug-likeness (QED) is 0.879.